The molecule has 6 nitrogen and oxygen atoms in total. The molecule has 0 unspecified atom stereocenters. The number of hydrogen-bond acceptors (Lipinski definition) is 6. The van der Waals surface area contributed by atoms with Crippen molar-refractivity contribution < 1.29 is 25.2 Å². The van der Waals surface area contributed by atoms with Gasteiger partial charge in [0.25, 0.3) is 0 Å². The van der Waals surface area contributed by atoms with Crippen molar-refractivity contribution in [2.24, 2.45) is 0 Å². The van der Waals surface area contributed by atoms with Gasteiger partial charge in [-0.05, 0) is 24.3 Å². The summed E-state index contributed by atoms with van der Waals surface area (Å²) >= 11 is 0. The first kappa shape index (κ1) is 11.7. The molecule has 6 heteroatoms. The van der Waals surface area contributed by atoms with Crippen LogP contribution in [0.2, 0.25) is 0 Å². The number of nitrogens with zero attached hydrogens (tertiary/aromatic N) is 1. The second kappa shape index (κ2) is 4.25. The second-order valence-electron chi connectivity index (χ2n) is 3.56. The Bertz CT molecular complexity index is 607. The number of phenolic OH excluding ortho intramolecular Hbond substituents is 3. The molecule has 0 aliphatic rings. The summed E-state index contributed by atoms with van der Waals surface area (Å²) in [4.78, 5) is 15.6. The van der Waals surface area contributed by atoms with Gasteiger partial charge in [-0.1, -0.05) is 0 Å². The summed E-state index contributed by atoms with van der Waals surface area (Å²) in [5, 5.41) is 37.1. The molecule has 1 aromatic heterocycles. The average molecular weight is 247 g/mol. The Morgan fingerprint density at radius 1 is 0.944 bits per heavy atom. The van der Waals surface area contributed by atoms with E-state index in [2.05, 4.69) is 4.98 Å². The quantitative estimate of drug-likeness (QED) is 0.467. The summed E-state index contributed by atoms with van der Waals surface area (Å²) in [7, 11) is 0. The van der Waals surface area contributed by atoms with E-state index in [0.717, 1.165) is 12.3 Å². The van der Waals surface area contributed by atoms with Gasteiger partial charge in [-0.25, -0.2) is 4.98 Å². The van der Waals surface area contributed by atoms with Crippen LogP contribution >= 0.6 is 0 Å². The summed E-state index contributed by atoms with van der Waals surface area (Å²) in [6.45, 7) is 0. The maximum atomic E-state index is 11.9. The SMILES string of the molecule is O=C(c1ccc(O)cn1)c1ccc(O)c(O)c1O. The molecule has 18 heavy (non-hydrogen) atoms. The largest absolute Gasteiger partial charge is 0.506 e. The third kappa shape index (κ3) is 1.91. The van der Waals surface area contributed by atoms with Gasteiger partial charge in [0, 0.05) is 0 Å². The molecule has 0 atom stereocenters. The van der Waals surface area contributed by atoms with Crippen molar-refractivity contribution in [2.45, 2.75) is 0 Å². The lowest BCUT2D eigenvalue weighted by Gasteiger charge is -2.06. The number of benzene rings is 1. The smallest absolute Gasteiger partial charge is 0.215 e. The van der Waals surface area contributed by atoms with E-state index in [0.29, 0.717) is 0 Å². The Labute approximate surface area is 101 Å². The normalized spacial score (nSPS) is 10.2. The topological polar surface area (TPSA) is 111 Å². The molecule has 1 heterocycles. The fourth-order valence-electron chi connectivity index (χ4n) is 1.41. The Morgan fingerprint density at radius 3 is 2.28 bits per heavy atom. The van der Waals surface area contributed by atoms with Crippen molar-refractivity contribution in [1.29, 1.82) is 0 Å². The first-order valence-electron chi connectivity index (χ1n) is 4.94. The highest BCUT2D eigenvalue weighted by Crippen LogP contribution is 2.37. The van der Waals surface area contributed by atoms with Crippen LogP contribution in [0, 0.1) is 0 Å². The van der Waals surface area contributed by atoms with Gasteiger partial charge < -0.3 is 20.4 Å². The molecule has 0 radical (unpaired) electrons. The molecule has 0 bridgehead atoms. The second-order valence-corrected chi connectivity index (χ2v) is 3.56. The zero-order valence-electron chi connectivity index (χ0n) is 9.03. The van der Waals surface area contributed by atoms with E-state index in [9.17, 15) is 15.0 Å². The Hall–Kier alpha value is -2.76. The van der Waals surface area contributed by atoms with Crippen LogP contribution in [-0.4, -0.2) is 31.2 Å². The highest BCUT2D eigenvalue weighted by molar-refractivity contribution is 6.10. The number of ketones is 1. The van der Waals surface area contributed by atoms with E-state index >= 15 is 0 Å². The van der Waals surface area contributed by atoms with Gasteiger partial charge in [-0.15, -0.1) is 0 Å². The highest BCUT2D eigenvalue weighted by atomic mass is 16.3. The van der Waals surface area contributed by atoms with Crippen molar-refractivity contribution in [3.8, 4) is 23.0 Å². The molecule has 2 aromatic rings. The fraction of sp³-hybridized carbons (Fsp3) is 0. The van der Waals surface area contributed by atoms with E-state index in [1.165, 1.54) is 18.2 Å². The average Bonchev–Trinajstić information content (AvgIpc) is 2.36. The van der Waals surface area contributed by atoms with Crippen LogP contribution in [0.5, 0.6) is 23.0 Å². The minimum Gasteiger partial charge on any atom is -0.506 e. The van der Waals surface area contributed by atoms with E-state index in [1.807, 2.05) is 0 Å². The lowest BCUT2D eigenvalue weighted by atomic mass is 10.1. The first-order valence-corrected chi connectivity index (χ1v) is 4.94. The predicted octanol–water partition coefficient (Wildman–Crippen LogP) is 1.14. The van der Waals surface area contributed by atoms with Crippen LogP contribution in [0.25, 0.3) is 0 Å². The van der Waals surface area contributed by atoms with Gasteiger partial charge in [0.05, 0.1) is 11.8 Å². The zero-order chi connectivity index (χ0) is 13.3. The summed E-state index contributed by atoms with van der Waals surface area (Å²) in [6.07, 6.45) is 1.09. The van der Waals surface area contributed by atoms with Gasteiger partial charge in [-0.3, -0.25) is 4.79 Å². The third-order valence-corrected chi connectivity index (χ3v) is 2.36. The van der Waals surface area contributed by atoms with Gasteiger partial charge in [0.15, 0.2) is 11.5 Å². The molecular formula is C12H9NO5. The maximum Gasteiger partial charge on any atom is 0.215 e. The Morgan fingerprint density at radius 2 is 1.67 bits per heavy atom. The Kier molecular flexibility index (Phi) is 2.77. The summed E-state index contributed by atoms with van der Waals surface area (Å²) in [5.41, 5.74) is -0.198. The van der Waals surface area contributed by atoms with E-state index in [-0.39, 0.29) is 17.0 Å². The van der Waals surface area contributed by atoms with E-state index < -0.39 is 23.0 Å². The first-order chi connectivity index (χ1) is 8.50. The van der Waals surface area contributed by atoms with Crippen LogP contribution in [0.1, 0.15) is 16.1 Å². The molecule has 0 amide bonds. The van der Waals surface area contributed by atoms with Gasteiger partial charge in [-0.2, -0.15) is 0 Å². The van der Waals surface area contributed by atoms with Gasteiger partial charge >= 0.3 is 0 Å². The van der Waals surface area contributed by atoms with E-state index in [4.69, 9.17) is 10.2 Å². The zero-order valence-corrected chi connectivity index (χ0v) is 9.03. The molecule has 0 aliphatic heterocycles. The molecule has 0 saturated heterocycles. The molecule has 0 spiro atoms. The van der Waals surface area contributed by atoms with Crippen molar-refractivity contribution in [3.05, 3.63) is 41.7 Å². The minimum atomic E-state index is -0.764. The monoisotopic (exact) mass is 247 g/mol. The van der Waals surface area contributed by atoms with Crippen LogP contribution in [0.4, 0.5) is 0 Å². The predicted molar refractivity (Wildman–Crippen MR) is 60.8 cm³/mol. The van der Waals surface area contributed by atoms with Crippen molar-refractivity contribution in [1.82, 2.24) is 4.98 Å². The number of carbonyl (C=O) groups excluding carboxylic acids is 1. The minimum absolute atomic E-state index is 0.00631. The Balaban J connectivity index is 2.46. The summed E-state index contributed by atoms with van der Waals surface area (Å²) in [5.74, 6) is -2.73. The van der Waals surface area contributed by atoms with Crippen LogP contribution < -0.4 is 0 Å². The molecule has 0 saturated carbocycles. The molecule has 1 aromatic carbocycles. The summed E-state index contributed by atoms with van der Waals surface area (Å²) < 4.78 is 0. The van der Waals surface area contributed by atoms with Crippen LogP contribution in [-0.2, 0) is 0 Å². The maximum absolute atomic E-state index is 11.9. The standard InChI is InChI=1S/C12H9NO5/c14-6-1-3-8(13-5-6)10(16)7-2-4-9(15)12(18)11(7)17/h1-5,14-15,17-18H. The van der Waals surface area contributed by atoms with Gasteiger partial charge in [0.1, 0.15) is 11.4 Å². The number of aromatic nitrogens is 1. The lowest BCUT2D eigenvalue weighted by molar-refractivity contribution is 0.103. The molecule has 2 rings (SSSR count). The van der Waals surface area contributed by atoms with Crippen molar-refractivity contribution in [2.75, 3.05) is 0 Å². The van der Waals surface area contributed by atoms with Crippen LogP contribution in [0.15, 0.2) is 30.5 Å². The number of rotatable bonds is 2. The molecular weight excluding hydrogens is 238 g/mol. The third-order valence-electron chi connectivity index (χ3n) is 2.36. The number of aromatic hydroxyl groups is 4. The fourth-order valence-corrected chi connectivity index (χ4v) is 1.41. The van der Waals surface area contributed by atoms with E-state index in [1.54, 1.807) is 0 Å². The lowest BCUT2D eigenvalue weighted by Crippen LogP contribution is -2.03. The number of carbonyl (C=O) groups is 1. The molecule has 0 aliphatic carbocycles. The van der Waals surface area contributed by atoms with Gasteiger partial charge in [0.2, 0.25) is 11.5 Å². The van der Waals surface area contributed by atoms with Crippen LogP contribution in [0.3, 0.4) is 0 Å². The molecule has 92 valence electrons. The molecule has 4 N–H and O–H groups in total. The highest BCUT2D eigenvalue weighted by Gasteiger charge is 2.19. The molecule has 0 fully saturated rings. The van der Waals surface area contributed by atoms with Crippen molar-refractivity contribution in [3.63, 3.8) is 0 Å². The number of phenols is 3. The summed E-state index contributed by atoms with van der Waals surface area (Å²) in [6, 6.07) is 4.81. The number of pyridine rings is 1. The number of hydrogen-bond donors (Lipinski definition) is 4. The van der Waals surface area contributed by atoms with Crippen molar-refractivity contribution >= 4 is 5.78 Å².